The van der Waals surface area contributed by atoms with Gasteiger partial charge in [-0.3, -0.25) is 4.98 Å². The molecule has 3 nitrogen and oxygen atoms in total. The molecule has 1 atom stereocenters. The molecule has 0 saturated carbocycles. The van der Waals surface area contributed by atoms with Crippen LogP contribution in [-0.4, -0.2) is 35.6 Å². The number of hydrogen-bond acceptors (Lipinski definition) is 3. The smallest absolute Gasteiger partial charge is 0.0300 e. The van der Waals surface area contributed by atoms with Gasteiger partial charge in [0, 0.05) is 25.0 Å². The molecular weight excluding hydrogens is 234 g/mol. The summed E-state index contributed by atoms with van der Waals surface area (Å²) in [6, 6.07) is 2.72. The summed E-state index contributed by atoms with van der Waals surface area (Å²) in [5.41, 5.74) is 2.65. The lowest BCUT2D eigenvalue weighted by atomic mass is 9.90. The normalized spacial score (nSPS) is 19.5. The van der Waals surface area contributed by atoms with Gasteiger partial charge in [-0.25, -0.2) is 0 Å². The molecule has 1 aliphatic rings. The molecular formula is C16H27N3. The van der Waals surface area contributed by atoms with Crippen molar-refractivity contribution < 1.29 is 0 Å². The first-order valence-electron chi connectivity index (χ1n) is 7.56. The molecule has 1 aliphatic heterocycles. The van der Waals surface area contributed by atoms with E-state index in [9.17, 15) is 0 Å². The van der Waals surface area contributed by atoms with Crippen LogP contribution in [0.3, 0.4) is 0 Å². The number of likely N-dealkylation sites (tertiary alicyclic amines) is 1. The van der Waals surface area contributed by atoms with Crippen LogP contribution in [0.2, 0.25) is 0 Å². The highest BCUT2D eigenvalue weighted by atomic mass is 15.1. The summed E-state index contributed by atoms with van der Waals surface area (Å²) >= 11 is 0. The molecule has 0 amide bonds. The molecule has 0 aromatic carbocycles. The van der Waals surface area contributed by atoms with Gasteiger partial charge in [-0.05, 0) is 69.4 Å². The van der Waals surface area contributed by atoms with Crippen LogP contribution in [0.15, 0.2) is 18.5 Å². The second-order valence-corrected chi connectivity index (χ2v) is 5.74. The molecule has 1 fully saturated rings. The van der Waals surface area contributed by atoms with Crippen LogP contribution in [0.4, 0.5) is 0 Å². The Kier molecular flexibility index (Phi) is 5.34. The average molecular weight is 261 g/mol. The Bertz CT molecular complexity index is 383. The Balaban J connectivity index is 1.79. The minimum atomic E-state index is 0.603. The SMILES string of the molecule is CCN1CCC(C(C)NCc2ccncc2C)CC1. The summed E-state index contributed by atoms with van der Waals surface area (Å²) in [5, 5.41) is 3.70. The first-order valence-corrected chi connectivity index (χ1v) is 7.56. The van der Waals surface area contributed by atoms with Gasteiger partial charge in [0.05, 0.1) is 0 Å². The van der Waals surface area contributed by atoms with E-state index in [0.29, 0.717) is 6.04 Å². The van der Waals surface area contributed by atoms with E-state index in [0.717, 1.165) is 12.5 Å². The van der Waals surface area contributed by atoms with Crippen LogP contribution < -0.4 is 5.32 Å². The summed E-state index contributed by atoms with van der Waals surface area (Å²) < 4.78 is 0. The third kappa shape index (κ3) is 4.02. The average Bonchev–Trinajstić information content (AvgIpc) is 2.46. The highest BCUT2D eigenvalue weighted by Crippen LogP contribution is 2.20. The Morgan fingerprint density at radius 3 is 2.79 bits per heavy atom. The van der Waals surface area contributed by atoms with E-state index in [2.05, 4.69) is 42.0 Å². The fourth-order valence-corrected chi connectivity index (χ4v) is 2.91. The van der Waals surface area contributed by atoms with Gasteiger partial charge in [-0.2, -0.15) is 0 Å². The zero-order chi connectivity index (χ0) is 13.7. The van der Waals surface area contributed by atoms with Crippen LogP contribution in [0, 0.1) is 12.8 Å². The third-order valence-corrected chi connectivity index (χ3v) is 4.54. The van der Waals surface area contributed by atoms with E-state index in [-0.39, 0.29) is 0 Å². The van der Waals surface area contributed by atoms with Crippen LogP contribution in [0.25, 0.3) is 0 Å². The minimum Gasteiger partial charge on any atom is -0.310 e. The zero-order valence-electron chi connectivity index (χ0n) is 12.5. The monoisotopic (exact) mass is 261 g/mol. The molecule has 2 rings (SSSR count). The highest BCUT2D eigenvalue weighted by Gasteiger charge is 2.22. The molecule has 1 N–H and O–H groups in total. The predicted octanol–water partition coefficient (Wildman–Crippen LogP) is 2.60. The first-order chi connectivity index (χ1) is 9.20. The Morgan fingerprint density at radius 2 is 2.16 bits per heavy atom. The van der Waals surface area contributed by atoms with Gasteiger partial charge in [-0.15, -0.1) is 0 Å². The van der Waals surface area contributed by atoms with Crippen LogP contribution in [0.1, 0.15) is 37.8 Å². The van der Waals surface area contributed by atoms with Gasteiger partial charge in [0.1, 0.15) is 0 Å². The number of pyridine rings is 1. The number of nitrogens with zero attached hydrogens (tertiary/aromatic N) is 2. The van der Waals surface area contributed by atoms with Gasteiger partial charge in [0.15, 0.2) is 0 Å². The molecule has 0 radical (unpaired) electrons. The summed E-state index contributed by atoms with van der Waals surface area (Å²) in [6.45, 7) is 11.4. The Morgan fingerprint density at radius 1 is 1.42 bits per heavy atom. The number of nitrogens with one attached hydrogen (secondary N) is 1. The van der Waals surface area contributed by atoms with Gasteiger partial charge < -0.3 is 10.2 Å². The molecule has 1 unspecified atom stereocenters. The van der Waals surface area contributed by atoms with Crippen molar-refractivity contribution in [2.45, 2.75) is 46.2 Å². The summed E-state index contributed by atoms with van der Waals surface area (Å²) in [4.78, 5) is 6.70. The Labute approximate surface area is 117 Å². The number of piperidine rings is 1. The quantitative estimate of drug-likeness (QED) is 0.883. The molecule has 1 aromatic rings. The number of rotatable bonds is 5. The van der Waals surface area contributed by atoms with Crippen molar-refractivity contribution in [1.29, 1.82) is 0 Å². The molecule has 0 aliphatic carbocycles. The number of aromatic nitrogens is 1. The van der Waals surface area contributed by atoms with Crippen molar-refractivity contribution in [2.24, 2.45) is 5.92 Å². The van der Waals surface area contributed by atoms with E-state index in [1.807, 2.05) is 12.4 Å². The molecule has 1 saturated heterocycles. The third-order valence-electron chi connectivity index (χ3n) is 4.54. The van der Waals surface area contributed by atoms with E-state index in [4.69, 9.17) is 0 Å². The van der Waals surface area contributed by atoms with Gasteiger partial charge in [0.2, 0.25) is 0 Å². The van der Waals surface area contributed by atoms with Crippen molar-refractivity contribution in [1.82, 2.24) is 15.2 Å². The van der Waals surface area contributed by atoms with Crippen molar-refractivity contribution in [2.75, 3.05) is 19.6 Å². The first kappa shape index (κ1) is 14.5. The maximum atomic E-state index is 4.15. The predicted molar refractivity (Wildman–Crippen MR) is 80.1 cm³/mol. The van der Waals surface area contributed by atoms with Gasteiger partial charge >= 0.3 is 0 Å². The van der Waals surface area contributed by atoms with Crippen molar-refractivity contribution in [3.63, 3.8) is 0 Å². The topological polar surface area (TPSA) is 28.2 Å². The second kappa shape index (κ2) is 7.01. The van der Waals surface area contributed by atoms with Gasteiger partial charge in [0.25, 0.3) is 0 Å². The lowest BCUT2D eigenvalue weighted by Gasteiger charge is -2.34. The molecule has 106 valence electrons. The number of hydrogen-bond donors (Lipinski definition) is 1. The maximum Gasteiger partial charge on any atom is 0.0300 e. The van der Waals surface area contributed by atoms with Gasteiger partial charge in [-0.1, -0.05) is 6.92 Å². The van der Waals surface area contributed by atoms with Crippen molar-refractivity contribution in [3.8, 4) is 0 Å². The second-order valence-electron chi connectivity index (χ2n) is 5.74. The van der Waals surface area contributed by atoms with E-state index in [1.165, 1.54) is 43.6 Å². The summed E-state index contributed by atoms with van der Waals surface area (Å²) in [6.07, 6.45) is 6.49. The molecule has 0 bridgehead atoms. The lowest BCUT2D eigenvalue weighted by Crippen LogP contribution is -2.41. The molecule has 3 heteroatoms. The molecule has 2 heterocycles. The summed E-state index contributed by atoms with van der Waals surface area (Å²) in [5.74, 6) is 0.824. The Hall–Kier alpha value is -0.930. The van der Waals surface area contributed by atoms with Crippen LogP contribution >= 0.6 is 0 Å². The lowest BCUT2D eigenvalue weighted by molar-refractivity contribution is 0.168. The molecule has 1 aromatic heterocycles. The summed E-state index contributed by atoms with van der Waals surface area (Å²) in [7, 11) is 0. The maximum absolute atomic E-state index is 4.15. The van der Waals surface area contributed by atoms with E-state index in [1.54, 1.807) is 0 Å². The van der Waals surface area contributed by atoms with E-state index >= 15 is 0 Å². The van der Waals surface area contributed by atoms with Crippen LogP contribution in [-0.2, 0) is 6.54 Å². The molecule has 0 spiro atoms. The van der Waals surface area contributed by atoms with Crippen molar-refractivity contribution >= 4 is 0 Å². The van der Waals surface area contributed by atoms with Crippen molar-refractivity contribution in [3.05, 3.63) is 29.6 Å². The van der Waals surface area contributed by atoms with E-state index < -0.39 is 0 Å². The minimum absolute atomic E-state index is 0.603. The fourth-order valence-electron chi connectivity index (χ4n) is 2.91. The van der Waals surface area contributed by atoms with Crippen LogP contribution in [0.5, 0.6) is 0 Å². The standard InChI is InChI=1S/C16H27N3/c1-4-19-9-6-15(7-10-19)14(3)18-12-16-5-8-17-11-13(16)2/h5,8,11,14-15,18H,4,6-7,9-10,12H2,1-3H3. The zero-order valence-corrected chi connectivity index (χ0v) is 12.5. The largest absolute Gasteiger partial charge is 0.310 e. The highest BCUT2D eigenvalue weighted by molar-refractivity contribution is 5.21. The fraction of sp³-hybridized carbons (Fsp3) is 0.688. The number of aryl methyl sites for hydroxylation is 1. The molecule has 19 heavy (non-hydrogen) atoms.